The number of hydrogen-bond acceptors (Lipinski definition) is 3. The Morgan fingerprint density at radius 1 is 1.08 bits per heavy atom. The van der Waals surface area contributed by atoms with Crippen molar-refractivity contribution in [1.29, 1.82) is 0 Å². The summed E-state index contributed by atoms with van der Waals surface area (Å²) in [4.78, 5) is 13.1. The molecule has 0 saturated heterocycles. The van der Waals surface area contributed by atoms with Gasteiger partial charge in [-0.1, -0.05) is 18.5 Å². The van der Waals surface area contributed by atoms with E-state index in [1.165, 1.54) is 32.1 Å². The van der Waals surface area contributed by atoms with Crippen LogP contribution in [0.1, 0.15) is 71.1 Å². The van der Waals surface area contributed by atoms with Crippen LogP contribution in [0.25, 0.3) is 0 Å². The number of nitrogens with zero attached hydrogens (tertiary/aromatic N) is 2. The fourth-order valence-corrected chi connectivity index (χ4v) is 7.00. The minimum Gasteiger partial charge on any atom is -0.380 e. The lowest BCUT2D eigenvalue weighted by molar-refractivity contribution is -0.0518. The number of nitrogens with one attached hydrogen (secondary N) is 1. The average molecular weight is 376 g/mol. The molecule has 4 bridgehead atoms. The first-order chi connectivity index (χ1) is 12.5. The molecule has 5 fully saturated rings. The molecule has 5 saturated carbocycles. The fourth-order valence-electron chi connectivity index (χ4n) is 6.82. The fraction of sp³-hybridized carbons (Fsp3) is 0.810. The van der Waals surface area contributed by atoms with Gasteiger partial charge in [0.2, 0.25) is 0 Å². The van der Waals surface area contributed by atoms with Crippen LogP contribution in [-0.4, -0.2) is 15.8 Å². The lowest BCUT2D eigenvalue weighted by Gasteiger charge is -2.56. The Morgan fingerprint density at radius 3 is 2.23 bits per heavy atom. The van der Waals surface area contributed by atoms with Crippen LogP contribution in [-0.2, 0) is 5.54 Å². The molecule has 142 valence electrons. The van der Waals surface area contributed by atoms with Crippen molar-refractivity contribution in [1.82, 2.24) is 9.78 Å². The first kappa shape index (κ1) is 17.1. The first-order valence-corrected chi connectivity index (χ1v) is 10.9. The molecule has 1 aromatic rings. The third-order valence-corrected chi connectivity index (χ3v) is 8.11. The molecule has 5 heteroatoms. The number of hydrogen-bond donors (Lipinski definition) is 1. The summed E-state index contributed by atoms with van der Waals surface area (Å²) in [6.07, 6.45) is 14.1. The van der Waals surface area contributed by atoms with Crippen LogP contribution >= 0.6 is 11.6 Å². The summed E-state index contributed by atoms with van der Waals surface area (Å²) in [5.74, 6) is 3.17. The summed E-state index contributed by atoms with van der Waals surface area (Å²) in [7, 11) is 0. The molecule has 0 radical (unpaired) electrons. The van der Waals surface area contributed by atoms with Crippen molar-refractivity contribution in [3.63, 3.8) is 0 Å². The molecule has 5 aliphatic rings. The van der Waals surface area contributed by atoms with E-state index in [2.05, 4.69) is 17.3 Å². The second-order valence-corrected chi connectivity index (χ2v) is 10.2. The van der Waals surface area contributed by atoms with Crippen molar-refractivity contribution >= 4 is 17.3 Å². The van der Waals surface area contributed by atoms with Crippen molar-refractivity contribution in [2.75, 3.05) is 5.32 Å². The molecule has 4 nitrogen and oxygen atoms in total. The smallest absolute Gasteiger partial charge is 0.288 e. The molecule has 1 aromatic heterocycles. The van der Waals surface area contributed by atoms with E-state index in [9.17, 15) is 4.79 Å². The minimum absolute atomic E-state index is 0.0612. The zero-order chi connectivity index (χ0) is 17.9. The summed E-state index contributed by atoms with van der Waals surface area (Å²) >= 11 is 6.55. The Labute approximate surface area is 160 Å². The molecule has 26 heavy (non-hydrogen) atoms. The zero-order valence-electron chi connectivity index (χ0n) is 15.7. The van der Waals surface area contributed by atoms with Crippen molar-refractivity contribution in [3.8, 4) is 0 Å². The normalized spacial score (nSPS) is 41.4. The summed E-state index contributed by atoms with van der Waals surface area (Å²) in [6.45, 7) is 2.32. The Morgan fingerprint density at radius 2 is 1.65 bits per heavy atom. The molecule has 0 aliphatic heterocycles. The van der Waals surface area contributed by atoms with Gasteiger partial charge >= 0.3 is 0 Å². The van der Waals surface area contributed by atoms with Gasteiger partial charge in [-0.25, -0.2) is 4.68 Å². The summed E-state index contributed by atoms with van der Waals surface area (Å²) in [6, 6.07) is 0.417. The number of halogens is 1. The van der Waals surface area contributed by atoms with Crippen LogP contribution in [0.4, 0.5) is 5.69 Å². The van der Waals surface area contributed by atoms with Gasteiger partial charge in [-0.2, -0.15) is 5.10 Å². The Kier molecular flexibility index (Phi) is 4.11. The molecule has 1 heterocycles. The van der Waals surface area contributed by atoms with Crippen molar-refractivity contribution in [2.24, 2.45) is 23.7 Å². The highest BCUT2D eigenvalue weighted by Gasteiger charge is 2.53. The average Bonchev–Trinajstić information content (AvgIpc) is 2.59. The minimum atomic E-state index is -0.0807. The first-order valence-electron chi connectivity index (χ1n) is 10.6. The van der Waals surface area contributed by atoms with Crippen molar-refractivity contribution in [2.45, 2.75) is 82.7 Å². The second kappa shape index (κ2) is 6.25. The van der Waals surface area contributed by atoms with E-state index < -0.39 is 0 Å². The molecule has 6 rings (SSSR count). The highest BCUT2D eigenvalue weighted by molar-refractivity contribution is 6.32. The summed E-state index contributed by atoms with van der Waals surface area (Å²) in [5.41, 5.74) is 0.592. The predicted molar refractivity (Wildman–Crippen MR) is 105 cm³/mol. The summed E-state index contributed by atoms with van der Waals surface area (Å²) < 4.78 is 1.79. The Bertz CT molecular complexity index is 715. The van der Waals surface area contributed by atoms with Crippen LogP contribution in [0.2, 0.25) is 5.02 Å². The lowest BCUT2D eigenvalue weighted by Crippen LogP contribution is -2.55. The van der Waals surface area contributed by atoms with Gasteiger partial charge in [0.15, 0.2) is 0 Å². The van der Waals surface area contributed by atoms with Crippen LogP contribution in [0.3, 0.4) is 0 Å². The monoisotopic (exact) mass is 375 g/mol. The molecular formula is C21H30ClN3O. The molecule has 1 N–H and O–H groups in total. The topological polar surface area (TPSA) is 46.9 Å². The van der Waals surface area contributed by atoms with Gasteiger partial charge in [-0.15, -0.1) is 0 Å². The molecule has 0 atom stereocenters. The van der Waals surface area contributed by atoms with Gasteiger partial charge in [-0.05, 0) is 87.9 Å². The Hall–Kier alpha value is -1.03. The van der Waals surface area contributed by atoms with E-state index in [0.29, 0.717) is 11.1 Å². The van der Waals surface area contributed by atoms with E-state index in [1.807, 2.05) is 6.20 Å². The van der Waals surface area contributed by atoms with Crippen molar-refractivity contribution < 1.29 is 0 Å². The van der Waals surface area contributed by atoms with Gasteiger partial charge in [0.1, 0.15) is 5.02 Å². The maximum absolute atomic E-state index is 13.1. The maximum atomic E-state index is 13.1. The number of aromatic nitrogens is 2. The third-order valence-electron chi connectivity index (χ3n) is 7.75. The largest absolute Gasteiger partial charge is 0.380 e. The van der Waals surface area contributed by atoms with Crippen LogP contribution < -0.4 is 10.9 Å². The third kappa shape index (κ3) is 2.80. The number of rotatable bonds is 3. The van der Waals surface area contributed by atoms with Gasteiger partial charge < -0.3 is 5.32 Å². The lowest BCUT2D eigenvalue weighted by atomic mass is 9.53. The predicted octanol–water partition coefficient (Wildman–Crippen LogP) is 4.81. The van der Waals surface area contributed by atoms with E-state index in [4.69, 9.17) is 11.6 Å². The van der Waals surface area contributed by atoms with Crippen LogP contribution in [0.15, 0.2) is 11.0 Å². The quantitative estimate of drug-likeness (QED) is 0.824. The number of anilines is 1. The van der Waals surface area contributed by atoms with Crippen LogP contribution in [0, 0.1) is 23.7 Å². The van der Waals surface area contributed by atoms with E-state index in [-0.39, 0.29) is 11.1 Å². The molecule has 0 amide bonds. The highest BCUT2D eigenvalue weighted by atomic mass is 35.5. The van der Waals surface area contributed by atoms with Crippen molar-refractivity contribution in [3.05, 3.63) is 21.6 Å². The van der Waals surface area contributed by atoms with Crippen LogP contribution in [0.5, 0.6) is 0 Å². The standard InChI is InChI=1S/C21H30ClN3O/c1-13-2-4-17(5-3-13)24-18-12-23-25(20(26)19(18)22)21-9-14-6-15(10-21)8-16(7-14)11-21/h12-17,24H,2-11H2,1H3. The maximum Gasteiger partial charge on any atom is 0.288 e. The van der Waals surface area contributed by atoms with E-state index >= 15 is 0 Å². The van der Waals surface area contributed by atoms with E-state index in [0.717, 1.165) is 61.5 Å². The molecule has 0 aromatic carbocycles. The zero-order valence-corrected chi connectivity index (χ0v) is 16.5. The van der Waals surface area contributed by atoms with Gasteiger partial charge in [0.25, 0.3) is 5.56 Å². The Balaban J connectivity index is 1.41. The molecule has 0 unspecified atom stereocenters. The molecule has 5 aliphatic carbocycles. The summed E-state index contributed by atoms with van der Waals surface area (Å²) in [5, 5.41) is 8.51. The molecule has 0 spiro atoms. The highest BCUT2D eigenvalue weighted by Crippen LogP contribution is 2.58. The second-order valence-electron chi connectivity index (χ2n) is 9.83. The van der Waals surface area contributed by atoms with Gasteiger partial charge in [0.05, 0.1) is 17.4 Å². The molecular weight excluding hydrogens is 346 g/mol. The van der Waals surface area contributed by atoms with E-state index in [1.54, 1.807) is 4.68 Å². The SMILES string of the molecule is CC1CCC(Nc2cnn(C34CC5CC(CC(C5)C3)C4)c(=O)c2Cl)CC1. The van der Waals surface area contributed by atoms with Gasteiger partial charge in [-0.3, -0.25) is 4.79 Å². The van der Waals surface area contributed by atoms with Gasteiger partial charge in [0, 0.05) is 6.04 Å².